The van der Waals surface area contributed by atoms with Crippen LogP contribution in [0.4, 0.5) is 0 Å². The molecule has 1 aliphatic heterocycles. The summed E-state index contributed by atoms with van der Waals surface area (Å²) in [5, 5.41) is 3.36. The molecule has 4 heteroatoms. The van der Waals surface area contributed by atoms with E-state index in [1.807, 2.05) is 13.8 Å². The summed E-state index contributed by atoms with van der Waals surface area (Å²) >= 11 is 0. The standard InChI is InChI=1S/C13H27NO3/c1-3-16-13(17-4-2)7-10-15-11-12-5-8-14-9-6-12/h12-14H,3-11H2,1-2H3. The summed E-state index contributed by atoms with van der Waals surface area (Å²) in [5.74, 6) is 0.730. The Morgan fingerprint density at radius 2 is 1.76 bits per heavy atom. The van der Waals surface area contributed by atoms with Crippen LogP contribution < -0.4 is 5.32 Å². The van der Waals surface area contributed by atoms with E-state index in [9.17, 15) is 0 Å². The average molecular weight is 245 g/mol. The van der Waals surface area contributed by atoms with Gasteiger partial charge < -0.3 is 19.5 Å². The molecule has 0 unspecified atom stereocenters. The van der Waals surface area contributed by atoms with Gasteiger partial charge in [-0.05, 0) is 45.7 Å². The molecule has 1 saturated heterocycles. The van der Waals surface area contributed by atoms with Crippen LogP contribution in [0.25, 0.3) is 0 Å². The van der Waals surface area contributed by atoms with Crippen LogP contribution in [0, 0.1) is 5.92 Å². The maximum absolute atomic E-state index is 5.71. The zero-order valence-electron chi connectivity index (χ0n) is 11.2. The molecule has 4 nitrogen and oxygen atoms in total. The first-order valence-corrected chi connectivity index (χ1v) is 6.88. The maximum atomic E-state index is 5.71. The van der Waals surface area contributed by atoms with Crippen LogP contribution in [0.5, 0.6) is 0 Å². The van der Waals surface area contributed by atoms with Crippen LogP contribution >= 0.6 is 0 Å². The molecule has 1 rings (SSSR count). The lowest BCUT2D eigenvalue weighted by molar-refractivity contribution is -0.147. The van der Waals surface area contributed by atoms with Crippen molar-refractivity contribution in [3.63, 3.8) is 0 Å². The van der Waals surface area contributed by atoms with Crippen molar-refractivity contribution in [3.8, 4) is 0 Å². The van der Waals surface area contributed by atoms with E-state index in [1.165, 1.54) is 12.8 Å². The number of hydrogen-bond donors (Lipinski definition) is 1. The number of rotatable bonds is 9. The van der Waals surface area contributed by atoms with Gasteiger partial charge in [0.2, 0.25) is 0 Å². The Labute approximate surface area is 105 Å². The lowest BCUT2D eigenvalue weighted by atomic mass is 9.99. The summed E-state index contributed by atoms with van der Waals surface area (Å²) in [6.07, 6.45) is 3.20. The van der Waals surface area contributed by atoms with Gasteiger partial charge in [0.25, 0.3) is 0 Å². The highest BCUT2D eigenvalue weighted by Crippen LogP contribution is 2.12. The predicted octanol–water partition coefficient (Wildman–Crippen LogP) is 1.79. The first kappa shape index (κ1) is 14.9. The zero-order valence-corrected chi connectivity index (χ0v) is 11.2. The molecule has 0 spiro atoms. The first-order chi connectivity index (χ1) is 8.36. The molecule has 0 bridgehead atoms. The molecule has 0 saturated carbocycles. The number of nitrogens with one attached hydrogen (secondary N) is 1. The fourth-order valence-electron chi connectivity index (χ4n) is 2.06. The minimum atomic E-state index is -0.0991. The third kappa shape index (κ3) is 6.99. The Kier molecular flexibility index (Phi) is 8.61. The third-order valence-electron chi connectivity index (χ3n) is 3.02. The number of ether oxygens (including phenoxy) is 3. The second-order valence-electron chi connectivity index (χ2n) is 4.40. The summed E-state index contributed by atoms with van der Waals surface area (Å²) in [5.41, 5.74) is 0. The molecule has 17 heavy (non-hydrogen) atoms. The van der Waals surface area contributed by atoms with Crippen molar-refractivity contribution < 1.29 is 14.2 Å². The zero-order chi connectivity index (χ0) is 12.3. The largest absolute Gasteiger partial charge is 0.381 e. The van der Waals surface area contributed by atoms with Crippen molar-refractivity contribution in [2.24, 2.45) is 5.92 Å². The number of piperidine rings is 1. The van der Waals surface area contributed by atoms with E-state index >= 15 is 0 Å². The van der Waals surface area contributed by atoms with Gasteiger partial charge in [-0.15, -0.1) is 0 Å². The summed E-state index contributed by atoms with van der Waals surface area (Å²) in [7, 11) is 0. The van der Waals surface area contributed by atoms with Gasteiger partial charge in [0.1, 0.15) is 0 Å². The molecule has 0 aliphatic carbocycles. The Morgan fingerprint density at radius 1 is 1.12 bits per heavy atom. The molecule has 0 atom stereocenters. The molecule has 1 heterocycles. The van der Waals surface area contributed by atoms with Crippen molar-refractivity contribution in [1.82, 2.24) is 5.32 Å². The maximum Gasteiger partial charge on any atom is 0.159 e. The summed E-state index contributed by atoms with van der Waals surface area (Å²) < 4.78 is 16.6. The molecular weight excluding hydrogens is 218 g/mol. The normalized spacial score (nSPS) is 17.8. The van der Waals surface area contributed by atoms with Crippen LogP contribution in [-0.4, -0.2) is 45.8 Å². The Bertz CT molecular complexity index is 166. The minimum Gasteiger partial charge on any atom is -0.381 e. The third-order valence-corrected chi connectivity index (χ3v) is 3.02. The smallest absolute Gasteiger partial charge is 0.159 e. The highest BCUT2D eigenvalue weighted by molar-refractivity contribution is 4.67. The Balaban J connectivity index is 2.00. The monoisotopic (exact) mass is 245 g/mol. The SMILES string of the molecule is CCOC(CCOCC1CCNCC1)OCC. The lowest BCUT2D eigenvalue weighted by Gasteiger charge is -2.23. The quantitative estimate of drug-likeness (QED) is 0.496. The first-order valence-electron chi connectivity index (χ1n) is 6.88. The van der Waals surface area contributed by atoms with E-state index in [-0.39, 0.29) is 6.29 Å². The van der Waals surface area contributed by atoms with Crippen molar-refractivity contribution >= 4 is 0 Å². The summed E-state index contributed by atoms with van der Waals surface area (Å²) in [4.78, 5) is 0. The van der Waals surface area contributed by atoms with Gasteiger partial charge >= 0.3 is 0 Å². The summed E-state index contributed by atoms with van der Waals surface area (Å²) in [6.45, 7) is 9.24. The highest BCUT2D eigenvalue weighted by Gasteiger charge is 2.13. The van der Waals surface area contributed by atoms with Crippen LogP contribution in [0.3, 0.4) is 0 Å². The second kappa shape index (κ2) is 9.83. The van der Waals surface area contributed by atoms with Gasteiger partial charge in [-0.3, -0.25) is 0 Å². The molecule has 0 aromatic rings. The van der Waals surface area contributed by atoms with E-state index in [0.29, 0.717) is 13.2 Å². The highest BCUT2D eigenvalue weighted by atomic mass is 16.7. The van der Waals surface area contributed by atoms with Gasteiger partial charge in [-0.1, -0.05) is 0 Å². The molecule has 1 aliphatic rings. The second-order valence-corrected chi connectivity index (χ2v) is 4.40. The van der Waals surface area contributed by atoms with Crippen molar-refractivity contribution in [2.45, 2.75) is 39.4 Å². The Hall–Kier alpha value is -0.160. The van der Waals surface area contributed by atoms with E-state index in [0.717, 1.165) is 38.6 Å². The average Bonchev–Trinajstić information content (AvgIpc) is 2.36. The van der Waals surface area contributed by atoms with Crippen molar-refractivity contribution in [3.05, 3.63) is 0 Å². The van der Waals surface area contributed by atoms with E-state index in [4.69, 9.17) is 14.2 Å². The molecule has 1 fully saturated rings. The Morgan fingerprint density at radius 3 is 2.35 bits per heavy atom. The van der Waals surface area contributed by atoms with Crippen LogP contribution in [0.15, 0.2) is 0 Å². The van der Waals surface area contributed by atoms with Gasteiger partial charge in [0.05, 0.1) is 6.61 Å². The van der Waals surface area contributed by atoms with E-state index in [1.54, 1.807) is 0 Å². The molecule has 0 radical (unpaired) electrons. The van der Waals surface area contributed by atoms with E-state index < -0.39 is 0 Å². The molecule has 102 valence electrons. The fraction of sp³-hybridized carbons (Fsp3) is 1.00. The van der Waals surface area contributed by atoms with Crippen LogP contribution in [0.1, 0.15) is 33.1 Å². The summed E-state index contributed by atoms with van der Waals surface area (Å²) in [6, 6.07) is 0. The fourth-order valence-corrected chi connectivity index (χ4v) is 2.06. The van der Waals surface area contributed by atoms with Crippen molar-refractivity contribution in [1.29, 1.82) is 0 Å². The molecular formula is C13H27NO3. The molecule has 0 aromatic carbocycles. The van der Waals surface area contributed by atoms with Gasteiger partial charge in [0, 0.05) is 26.2 Å². The van der Waals surface area contributed by atoms with Gasteiger partial charge in [0.15, 0.2) is 6.29 Å². The lowest BCUT2D eigenvalue weighted by Crippen LogP contribution is -2.30. The van der Waals surface area contributed by atoms with Crippen LogP contribution in [-0.2, 0) is 14.2 Å². The van der Waals surface area contributed by atoms with Crippen LogP contribution in [0.2, 0.25) is 0 Å². The molecule has 1 N–H and O–H groups in total. The molecule has 0 aromatic heterocycles. The van der Waals surface area contributed by atoms with Gasteiger partial charge in [-0.25, -0.2) is 0 Å². The van der Waals surface area contributed by atoms with E-state index in [2.05, 4.69) is 5.32 Å². The predicted molar refractivity (Wildman–Crippen MR) is 68.1 cm³/mol. The topological polar surface area (TPSA) is 39.7 Å². The minimum absolute atomic E-state index is 0.0991. The van der Waals surface area contributed by atoms with Gasteiger partial charge in [-0.2, -0.15) is 0 Å². The van der Waals surface area contributed by atoms with Crippen molar-refractivity contribution in [2.75, 3.05) is 39.5 Å². The number of hydrogen-bond acceptors (Lipinski definition) is 4. The molecule has 0 amide bonds.